The monoisotopic (exact) mass is 223 g/mol. The maximum Gasteiger partial charge on any atom is 0.0854 e. The van der Waals surface area contributed by atoms with Crippen LogP contribution in [-0.4, -0.2) is 34.7 Å². The second-order valence-corrected chi connectivity index (χ2v) is 5.64. The first-order valence-electron chi connectivity index (χ1n) is 5.75. The summed E-state index contributed by atoms with van der Waals surface area (Å²) in [5, 5.41) is 15.0. The number of aliphatic hydroxyl groups is 1. The van der Waals surface area contributed by atoms with Crippen molar-refractivity contribution in [3.63, 3.8) is 0 Å². The number of nitrogens with zero attached hydrogens (tertiary/aromatic N) is 1. The summed E-state index contributed by atoms with van der Waals surface area (Å²) in [7, 11) is 0. The fraction of sp³-hybridized carbons (Fsp3) is 0.667. The fourth-order valence-electron chi connectivity index (χ4n) is 3.16. The van der Waals surface area contributed by atoms with Crippen molar-refractivity contribution in [2.45, 2.75) is 37.3 Å². The predicted octanol–water partition coefficient (Wildman–Crippen LogP) is 1.89. The summed E-state index contributed by atoms with van der Waals surface area (Å²) in [4.78, 5) is 2.46. The van der Waals surface area contributed by atoms with Crippen LogP contribution in [0.25, 0.3) is 0 Å². The van der Waals surface area contributed by atoms with E-state index in [2.05, 4.69) is 21.7 Å². The van der Waals surface area contributed by atoms with E-state index in [1.165, 1.54) is 24.9 Å². The lowest BCUT2D eigenvalue weighted by atomic mass is 9.87. The van der Waals surface area contributed by atoms with Gasteiger partial charge in [0.2, 0.25) is 0 Å². The van der Waals surface area contributed by atoms with Crippen LogP contribution in [0.3, 0.4) is 0 Å². The second-order valence-electron chi connectivity index (χ2n) is 4.86. The van der Waals surface area contributed by atoms with E-state index in [-0.39, 0.29) is 0 Å². The first kappa shape index (κ1) is 9.82. The predicted molar refractivity (Wildman–Crippen MR) is 62.2 cm³/mol. The van der Waals surface area contributed by atoms with Crippen molar-refractivity contribution in [2.75, 3.05) is 13.1 Å². The van der Waals surface area contributed by atoms with Crippen molar-refractivity contribution in [2.24, 2.45) is 0 Å². The van der Waals surface area contributed by atoms with E-state index in [0.717, 1.165) is 19.4 Å². The number of hydrogen-bond donors (Lipinski definition) is 1. The van der Waals surface area contributed by atoms with Gasteiger partial charge < -0.3 is 5.11 Å². The molecule has 3 rings (SSSR count). The molecule has 2 nitrogen and oxygen atoms in total. The van der Waals surface area contributed by atoms with Crippen molar-refractivity contribution in [1.29, 1.82) is 0 Å². The van der Waals surface area contributed by atoms with Crippen LogP contribution in [0.4, 0.5) is 0 Å². The van der Waals surface area contributed by atoms with Gasteiger partial charge in [0.25, 0.3) is 0 Å². The molecule has 0 saturated carbocycles. The second kappa shape index (κ2) is 3.58. The zero-order valence-electron chi connectivity index (χ0n) is 8.85. The molecule has 0 radical (unpaired) electrons. The van der Waals surface area contributed by atoms with Crippen LogP contribution in [0.5, 0.6) is 0 Å². The number of fused-ring (bicyclic) bond motifs is 1. The van der Waals surface area contributed by atoms with E-state index in [9.17, 15) is 5.11 Å². The summed E-state index contributed by atoms with van der Waals surface area (Å²) >= 11 is 1.72. The van der Waals surface area contributed by atoms with Crippen LogP contribution >= 0.6 is 11.3 Å². The molecule has 3 heteroatoms. The topological polar surface area (TPSA) is 23.5 Å². The SMILES string of the molecule is OC1(Cc2ccsc2)CCN2CCCC21. The zero-order chi connectivity index (χ0) is 10.3. The Morgan fingerprint density at radius 3 is 3.27 bits per heavy atom. The van der Waals surface area contributed by atoms with Crippen molar-refractivity contribution in [1.82, 2.24) is 4.90 Å². The third-order valence-corrected chi connectivity index (χ3v) is 4.64. The van der Waals surface area contributed by atoms with Gasteiger partial charge in [0.15, 0.2) is 0 Å². The molecule has 2 saturated heterocycles. The molecule has 2 unspecified atom stereocenters. The van der Waals surface area contributed by atoms with Gasteiger partial charge in [-0.3, -0.25) is 4.90 Å². The molecule has 2 fully saturated rings. The molecule has 0 bridgehead atoms. The van der Waals surface area contributed by atoms with Crippen molar-refractivity contribution in [3.05, 3.63) is 22.4 Å². The van der Waals surface area contributed by atoms with E-state index in [0.29, 0.717) is 6.04 Å². The van der Waals surface area contributed by atoms with Gasteiger partial charge in [-0.15, -0.1) is 0 Å². The number of hydrogen-bond acceptors (Lipinski definition) is 3. The molecule has 2 aliphatic rings. The van der Waals surface area contributed by atoms with E-state index < -0.39 is 5.60 Å². The Bertz CT molecular complexity index is 337. The average Bonchev–Trinajstić information content (AvgIpc) is 2.87. The number of rotatable bonds is 2. The van der Waals surface area contributed by atoms with Gasteiger partial charge in [-0.1, -0.05) is 0 Å². The quantitative estimate of drug-likeness (QED) is 0.827. The molecule has 1 aromatic heterocycles. The highest BCUT2D eigenvalue weighted by Crippen LogP contribution is 2.38. The molecular weight excluding hydrogens is 206 g/mol. The fourth-order valence-corrected chi connectivity index (χ4v) is 3.83. The highest BCUT2D eigenvalue weighted by molar-refractivity contribution is 7.07. The minimum atomic E-state index is -0.447. The summed E-state index contributed by atoms with van der Waals surface area (Å²) in [6.07, 6.45) is 4.24. The summed E-state index contributed by atoms with van der Waals surface area (Å²) in [6.45, 7) is 2.28. The highest BCUT2D eigenvalue weighted by Gasteiger charge is 2.47. The summed E-state index contributed by atoms with van der Waals surface area (Å²) in [5.41, 5.74) is 0.855. The maximum atomic E-state index is 10.7. The van der Waals surface area contributed by atoms with E-state index in [1.54, 1.807) is 11.3 Å². The molecule has 0 spiro atoms. The molecule has 1 N–H and O–H groups in total. The van der Waals surface area contributed by atoms with Gasteiger partial charge in [-0.2, -0.15) is 11.3 Å². The highest BCUT2D eigenvalue weighted by atomic mass is 32.1. The Morgan fingerprint density at radius 1 is 1.53 bits per heavy atom. The molecule has 0 aromatic carbocycles. The Morgan fingerprint density at radius 2 is 2.47 bits per heavy atom. The molecule has 1 aromatic rings. The third kappa shape index (κ3) is 1.63. The van der Waals surface area contributed by atoms with Crippen LogP contribution in [0.15, 0.2) is 16.8 Å². The van der Waals surface area contributed by atoms with Gasteiger partial charge in [-0.25, -0.2) is 0 Å². The summed E-state index contributed by atoms with van der Waals surface area (Å²) in [5.74, 6) is 0. The smallest absolute Gasteiger partial charge is 0.0854 e. The lowest BCUT2D eigenvalue weighted by molar-refractivity contribution is 0.0142. The third-order valence-electron chi connectivity index (χ3n) is 3.91. The summed E-state index contributed by atoms with van der Waals surface area (Å²) < 4.78 is 0. The van der Waals surface area contributed by atoms with Gasteiger partial charge in [0, 0.05) is 19.0 Å². The average molecular weight is 223 g/mol. The minimum absolute atomic E-state index is 0.428. The minimum Gasteiger partial charge on any atom is -0.388 e. The van der Waals surface area contributed by atoms with Gasteiger partial charge in [0.05, 0.1) is 5.60 Å². The molecule has 2 atom stereocenters. The van der Waals surface area contributed by atoms with Crippen molar-refractivity contribution in [3.8, 4) is 0 Å². The first-order valence-corrected chi connectivity index (χ1v) is 6.70. The van der Waals surface area contributed by atoms with Crippen LogP contribution < -0.4 is 0 Å². The largest absolute Gasteiger partial charge is 0.388 e. The van der Waals surface area contributed by atoms with Crippen LogP contribution in [0.1, 0.15) is 24.8 Å². The van der Waals surface area contributed by atoms with E-state index >= 15 is 0 Å². The molecule has 0 amide bonds. The lowest BCUT2D eigenvalue weighted by Crippen LogP contribution is -2.42. The molecule has 15 heavy (non-hydrogen) atoms. The molecule has 2 aliphatic heterocycles. The molecule has 3 heterocycles. The first-order chi connectivity index (χ1) is 7.28. The van der Waals surface area contributed by atoms with Gasteiger partial charge >= 0.3 is 0 Å². The van der Waals surface area contributed by atoms with E-state index in [1.807, 2.05) is 0 Å². The molecular formula is C12H17NOS. The Hall–Kier alpha value is -0.380. The Kier molecular flexibility index (Phi) is 2.34. The van der Waals surface area contributed by atoms with Gasteiger partial charge in [0.1, 0.15) is 0 Å². The zero-order valence-corrected chi connectivity index (χ0v) is 9.67. The Balaban J connectivity index is 1.79. The van der Waals surface area contributed by atoms with Crippen LogP contribution in [0, 0.1) is 0 Å². The van der Waals surface area contributed by atoms with E-state index in [4.69, 9.17) is 0 Å². The standard InChI is InChI=1S/C12H17NOS/c14-12(8-10-3-7-15-9-10)4-6-13-5-1-2-11(12)13/h3,7,9,11,14H,1-2,4-6,8H2. The van der Waals surface area contributed by atoms with Crippen LogP contribution in [0.2, 0.25) is 0 Å². The van der Waals surface area contributed by atoms with Gasteiger partial charge in [-0.05, 0) is 48.2 Å². The summed E-state index contributed by atoms with van der Waals surface area (Å²) in [6, 6.07) is 2.57. The van der Waals surface area contributed by atoms with Crippen LogP contribution in [-0.2, 0) is 6.42 Å². The molecule has 0 aliphatic carbocycles. The Labute approximate surface area is 94.5 Å². The lowest BCUT2D eigenvalue weighted by Gasteiger charge is -2.29. The van der Waals surface area contributed by atoms with Crippen molar-refractivity contribution < 1.29 is 5.11 Å². The maximum absolute atomic E-state index is 10.7. The number of thiophene rings is 1. The normalized spacial score (nSPS) is 35.9. The molecule has 82 valence electrons. The van der Waals surface area contributed by atoms with Crippen molar-refractivity contribution >= 4 is 11.3 Å².